The minimum atomic E-state index is -3.12. The van der Waals surface area contributed by atoms with Crippen LogP contribution in [0.5, 0.6) is 0 Å². The Balaban J connectivity index is 1.97. The van der Waals surface area contributed by atoms with Crippen molar-refractivity contribution in [3.05, 3.63) is 0 Å². The fourth-order valence-electron chi connectivity index (χ4n) is 2.99. The quantitative estimate of drug-likeness (QED) is 0.715. The van der Waals surface area contributed by atoms with Crippen molar-refractivity contribution in [1.82, 2.24) is 9.80 Å². The predicted molar refractivity (Wildman–Crippen MR) is 78.1 cm³/mol. The highest BCUT2D eigenvalue weighted by atomic mass is 32.2. The van der Waals surface area contributed by atoms with Crippen LogP contribution in [0.3, 0.4) is 0 Å². The van der Waals surface area contributed by atoms with Gasteiger partial charge in [-0.3, -0.25) is 14.6 Å². The molecule has 0 radical (unpaired) electrons. The third-order valence-electron chi connectivity index (χ3n) is 4.17. The summed E-state index contributed by atoms with van der Waals surface area (Å²) in [5.74, 6) is -0.918. The largest absolute Gasteiger partial charge is 0.481 e. The molecule has 0 aliphatic carbocycles. The van der Waals surface area contributed by atoms with Gasteiger partial charge >= 0.3 is 5.97 Å². The highest BCUT2D eigenvalue weighted by Gasteiger charge is 2.34. The van der Waals surface area contributed by atoms with Crippen LogP contribution in [0.15, 0.2) is 0 Å². The van der Waals surface area contributed by atoms with E-state index in [1.54, 1.807) is 0 Å². The molecular formula is C13H24N2O5S. The molecule has 0 spiro atoms. The second-order valence-corrected chi connectivity index (χ2v) is 7.98. The maximum absolute atomic E-state index is 11.7. The van der Waals surface area contributed by atoms with Crippen LogP contribution in [0.4, 0.5) is 0 Å². The molecule has 21 heavy (non-hydrogen) atoms. The van der Waals surface area contributed by atoms with Gasteiger partial charge in [-0.2, -0.15) is 0 Å². The van der Waals surface area contributed by atoms with Gasteiger partial charge in [0.15, 0.2) is 9.84 Å². The van der Waals surface area contributed by atoms with Gasteiger partial charge in [-0.25, -0.2) is 8.42 Å². The Hall–Kier alpha value is -0.700. The Morgan fingerprint density at radius 2 is 2.14 bits per heavy atom. The second kappa shape index (κ2) is 7.04. The molecule has 2 aliphatic heterocycles. The van der Waals surface area contributed by atoms with Crippen LogP contribution in [-0.2, 0) is 19.4 Å². The van der Waals surface area contributed by atoms with E-state index >= 15 is 0 Å². The summed E-state index contributed by atoms with van der Waals surface area (Å²) < 4.78 is 29.2. The molecule has 0 aromatic heterocycles. The van der Waals surface area contributed by atoms with Gasteiger partial charge in [0, 0.05) is 32.2 Å². The van der Waals surface area contributed by atoms with Crippen molar-refractivity contribution in [2.75, 3.05) is 50.8 Å². The van der Waals surface area contributed by atoms with Crippen molar-refractivity contribution < 1.29 is 23.1 Å². The van der Waals surface area contributed by atoms with E-state index in [0.29, 0.717) is 19.7 Å². The van der Waals surface area contributed by atoms with Gasteiger partial charge in [0.25, 0.3) is 0 Å². The lowest BCUT2D eigenvalue weighted by Crippen LogP contribution is -2.54. The highest BCUT2D eigenvalue weighted by Crippen LogP contribution is 2.17. The zero-order valence-electron chi connectivity index (χ0n) is 12.4. The number of morpholine rings is 1. The smallest absolute Gasteiger partial charge is 0.304 e. The third-order valence-corrected chi connectivity index (χ3v) is 5.87. The maximum Gasteiger partial charge on any atom is 0.304 e. The lowest BCUT2D eigenvalue weighted by atomic mass is 10.1. The molecule has 2 unspecified atom stereocenters. The Bertz CT molecular complexity index is 467. The minimum Gasteiger partial charge on any atom is -0.481 e. The van der Waals surface area contributed by atoms with E-state index in [4.69, 9.17) is 9.84 Å². The molecule has 0 amide bonds. The molecule has 2 aliphatic rings. The fourth-order valence-corrected chi connectivity index (χ4v) is 4.58. The van der Waals surface area contributed by atoms with Gasteiger partial charge in [0.05, 0.1) is 30.6 Å². The number of carbonyl (C=O) groups is 1. The van der Waals surface area contributed by atoms with Crippen LogP contribution in [-0.4, -0.2) is 92.3 Å². The predicted octanol–water partition coefficient (Wildman–Crippen LogP) is -0.719. The summed E-state index contributed by atoms with van der Waals surface area (Å²) in [7, 11) is -3.12. The molecule has 2 rings (SSSR count). The number of hydrogen-bond donors (Lipinski definition) is 1. The van der Waals surface area contributed by atoms with E-state index in [1.807, 2.05) is 4.90 Å². The molecule has 0 saturated carbocycles. The summed E-state index contributed by atoms with van der Waals surface area (Å²) >= 11 is 0. The first-order valence-electron chi connectivity index (χ1n) is 7.40. The number of carboxylic acid groups (broad SMARTS) is 1. The van der Waals surface area contributed by atoms with E-state index in [0.717, 1.165) is 19.6 Å². The van der Waals surface area contributed by atoms with Crippen molar-refractivity contribution >= 4 is 15.8 Å². The van der Waals surface area contributed by atoms with Crippen molar-refractivity contribution in [2.24, 2.45) is 0 Å². The number of carboxylic acids is 1. The van der Waals surface area contributed by atoms with Gasteiger partial charge in [0.2, 0.25) is 0 Å². The topological polar surface area (TPSA) is 87.2 Å². The number of ether oxygens (including phenoxy) is 1. The molecular weight excluding hydrogens is 296 g/mol. The fraction of sp³-hybridized carbons (Fsp3) is 0.923. The van der Waals surface area contributed by atoms with Crippen molar-refractivity contribution in [3.63, 3.8) is 0 Å². The first kappa shape index (κ1) is 16.7. The van der Waals surface area contributed by atoms with Crippen LogP contribution in [0.25, 0.3) is 0 Å². The molecule has 1 N–H and O–H groups in total. The van der Waals surface area contributed by atoms with Gasteiger partial charge in [0.1, 0.15) is 0 Å². The van der Waals surface area contributed by atoms with Crippen LogP contribution in [0.1, 0.15) is 13.3 Å². The summed E-state index contributed by atoms with van der Waals surface area (Å²) in [5, 5.41) is 8.98. The lowest BCUT2D eigenvalue weighted by molar-refractivity contribution is -0.138. The van der Waals surface area contributed by atoms with Crippen LogP contribution >= 0.6 is 0 Å². The normalized spacial score (nSPS) is 31.1. The van der Waals surface area contributed by atoms with E-state index < -0.39 is 21.8 Å². The van der Waals surface area contributed by atoms with E-state index in [2.05, 4.69) is 11.8 Å². The molecule has 0 bridgehead atoms. The first-order valence-corrected chi connectivity index (χ1v) is 9.22. The zero-order chi connectivity index (χ0) is 15.5. The molecule has 2 fully saturated rings. The van der Waals surface area contributed by atoms with Gasteiger partial charge in [-0.05, 0) is 6.54 Å². The Labute approximate surface area is 125 Å². The SMILES string of the molecule is CCN1CCOC(CN2CCS(=O)(=O)CC2CC(=O)O)C1. The minimum absolute atomic E-state index is 0.0239. The molecule has 7 nitrogen and oxygen atoms in total. The van der Waals surface area contributed by atoms with Crippen molar-refractivity contribution in [3.8, 4) is 0 Å². The first-order chi connectivity index (χ1) is 9.89. The number of rotatable bonds is 5. The molecule has 2 atom stereocenters. The van der Waals surface area contributed by atoms with Crippen molar-refractivity contribution in [2.45, 2.75) is 25.5 Å². The number of likely N-dealkylation sites (N-methyl/N-ethyl adjacent to an activating group) is 1. The average Bonchev–Trinajstić information content (AvgIpc) is 2.41. The van der Waals surface area contributed by atoms with E-state index in [-0.39, 0.29) is 24.0 Å². The highest BCUT2D eigenvalue weighted by molar-refractivity contribution is 7.91. The Morgan fingerprint density at radius 1 is 1.38 bits per heavy atom. The second-order valence-electron chi connectivity index (χ2n) is 5.75. The molecule has 0 aromatic rings. The molecule has 8 heteroatoms. The van der Waals surface area contributed by atoms with Gasteiger partial charge in [-0.1, -0.05) is 6.92 Å². The number of hydrogen-bond acceptors (Lipinski definition) is 6. The lowest BCUT2D eigenvalue weighted by Gasteiger charge is -2.39. The molecule has 122 valence electrons. The van der Waals surface area contributed by atoms with Crippen LogP contribution in [0.2, 0.25) is 0 Å². The molecule has 2 saturated heterocycles. The number of sulfone groups is 1. The third kappa shape index (κ3) is 4.91. The molecule has 2 heterocycles. The average molecular weight is 320 g/mol. The maximum atomic E-state index is 11.7. The van der Waals surface area contributed by atoms with E-state index in [9.17, 15) is 13.2 Å². The summed E-state index contributed by atoms with van der Waals surface area (Å²) in [6, 6.07) is -0.443. The number of nitrogens with zero attached hydrogens (tertiary/aromatic N) is 2. The van der Waals surface area contributed by atoms with Crippen LogP contribution in [0, 0.1) is 0 Å². The summed E-state index contributed by atoms with van der Waals surface area (Å²) in [5.41, 5.74) is 0. The van der Waals surface area contributed by atoms with Crippen molar-refractivity contribution in [1.29, 1.82) is 0 Å². The Kier molecular flexibility index (Phi) is 5.59. The Morgan fingerprint density at radius 3 is 2.81 bits per heavy atom. The standard InChI is InChI=1S/C13H24N2O5S/c1-2-14-3-5-20-12(8-14)9-15-4-6-21(18,19)10-11(15)7-13(16)17/h11-12H,2-10H2,1H3,(H,16,17). The van der Waals surface area contributed by atoms with Crippen LogP contribution < -0.4 is 0 Å². The summed E-state index contributed by atoms with van der Waals surface area (Å²) in [6.07, 6.45) is -0.112. The zero-order valence-corrected chi connectivity index (χ0v) is 13.2. The monoisotopic (exact) mass is 320 g/mol. The number of aliphatic carboxylic acids is 1. The van der Waals surface area contributed by atoms with Gasteiger partial charge < -0.3 is 9.84 Å². The van der Waals surface area contributed by atoms with Gasteiger partial charge in [-0.15, -0.1) is 0 Å². The molecule has 0 aromatic carbocycles. The summed E-state index contributed by atoms with van der Waals surface area (Å²) in [6.45, 7) is 6.47. The van der Waals surface area contributed by atoms with E-state index in [1.165, 1.54) is 0 Å². The summed E-state index contributed by atoms with van der Waals surface area (Å²) in [4.78, 5) is 15.2.